The molecular weight excluding hydrogens is 229 g/mol. The van der Waals surface area contributed by atoms with Crippen molar-refractivity contribution in [2.45, 2.75) is 12.3 Å². The summed E-state index contributed by atoms with van der Waals surface area (Å²) in [6.45, 7) is 0.831. The number of phenolic OH excluding ortho intramolecular Hbond substituents is 1. The van der Waals surface area contributed by atoms with Gasteiger partial charge in [-0.2, -0.15) is 0 Å². The van der Waals surface area contributed by atoms with E-state index < -0.39 is 0 Å². The van der Waals surface area contributed by atoms with Crippen LogP contribution in [0.4, 0.5) is 10.1 Å². The first kappa shape index (κ1) is 11.1. The highest BCUT2D eigenvalue weighted by Crippen LogP contribution is 2.38. The van der Waals surface area contributed by atoms with E-state index in [1.54, 1.807) is 24.3 Å². The van der Waals surface area contributed by atoms with Gasteiger partial charge in [0, 0.05) is 24.2 Å². The van der Waals surface area contributed by atoms with E-state index in [-0.39, 0.29) is 17.5 Å². The van der Waals surface area contributed by atoms with Crippen molar-refractivity contribution in [3.8, 4) is 5.75 Å². The maximum atomic E-state index is 13.3. The lowest BCUT2D eigenvalue weighted by molar-refractivity contribution is 0.475. The predicted molar refractivity (Wildman–Crippen MR) is 69.5 cm³/mol. The van der Waals surface area contributed by atoms with Gasteiger partial charge in [0.25, 0.3) is 0 Å². The van der Waals surface area contributed by atoms with Crippen molar-refractivity contribution < 1.29 is 9.50 Å². The molecule has 2 aromatic carbocycles. The molecule has 1 unspecified atom stereocenters. The summed E-state index contributed by atoms with van der Waals surface area (Å²) in [5.74, 6) is 0.241. The van der Waals surface area contributed by atoms with E-state index in [9.17, 15) is 9.50 Å². The fourth-order valence-corrected chi connectivity index (χ4v) is 2.58. The van der Waals surface area contributed by atoms with Crippen LogP contribution in [0.2, 0.25) is 0 Å². The molecule has 92 valence electrons. The van der Waals surface area contributed by atoms with Crippen LogP contribution in [0, 0.1) is 5.82 Å². The van der Waals surface area contributed by atoms with Crippen LogP contribution in [-0.2, 0) is 0 Å². The number of fused-ring (bicyclic) bond motifs is 1. The molecule has 2 nitrogen and oxygen atoms in total. The molecule has 3 rings (SSSR count). The summed E-state index contributed by atoms with van der Waals surface area (Å²) >= 11 is 0. The van der Waals surface area contributed by atoms with Crippen LogP contribution in [0.15, 0.2) is 42.5 Å². The molecule has 1 aliphatic rings. The molecule has 0 aliphatic carbocycles. The van der Waals surface area contributed by atoms with Crippen LogP contribution in [-0.4, -0.2) is 11.7 Å². The average molecular weight is 243 g/mol. The van der Waals surface area contributed by atoms with Crippen molar-refractivity contribution in [1.29, 1.82) is 0 Å². The standard InChI is InChI=1S/C15H14FNO/c16-11-3-1-2-10(8-11)13-6-7-17-15-9-12(18)4-5-14(13)15/h1-5,8-9,13,17-18H,6-7H2. The first-order valence-electron chi connectivity index (χ1n) is 6.06. The second kappa shape index (κ2) is 4.33. The molecular formula is C15H14FNO. The lowest BCUT2D eigenvalue weighted by Crippen LogP contribution is -2.17. The zero-order chi connectivity index (χ0) is 12.5. The molecule has 2 N–H and O–H groups in total. The minimum absolute atomic E-state index is 0.192. The molecule has 0 saturated carbocycles. The van der Waals surface area contributed by atoms with E-state index in [0.717, 1.165) is 29.8 Å². The van der Waals surface area contributed by atoms with E-state index in [0.29, 0.717) is 0 Å². The number of halogens is 1. The number of aromatic hydroxyl groups is 1. The van der Waals surface area contributed by atoms with Crippen molar-refractivity contribution in [3.05, 3.63) is 59.4 Å². The van der Waals surface area contributed by atoms with Crippen LogP contribution < -0.4 is 5.32 Å². The van der Waals surface area contributed by atoms with Gasteiger partial charge in [-0.25, -0.2) is 4.39 Å². The summed E-state index contributed by atoms with van der Waals surface area (Å²) in [4.78, 5) is 0. The Bertz CT molecular complexity index is 582. The van der Waals surface area contributed by atoms with Crippen LogP contribution in [0.5, 0.6) is 5.75 Å². The predicted octanol–water partition coefficient (Wildman–Crippen LogP) is 3.48. The number of hydrogen-bond acceptors (Lipinski definition) is 2. The highest BCUT2D eigenvalue weighted by Gasteiger charge is 2.22. The molecule has 1 heterocycles. The van der Waals surface area contributed by atoms with Crippen LogP contribution in [0.25, 0.3) is 0 Å². The average Bonchev–Trinajstić information content (AvgIpc) is 2.37. The third kappa shape index (κ3) is 1.92. The molecule has 0 aromatic heterocycles. The molecule has 2 aromatic rings. The Labute approximate surface area is 105 Å². The number of benzene rings is 2. The quantitative estimate of drug-likeness (QED) is 0.803. The van der Waals surface area contributed by atoms with Gasteiger partial charge in [0.05, 0.1) is 0 Å². The minimum Gasteiger partial charge on any atom is -0.508 e. The minimum atomic E-state index is -0.202. The Morgan fingerprint density at radius 3 is 2.89 bits per heavy atom. The molecule has 0 amide bonds. The van der Waals surface area contributed by atoms with E-state index in [2.05, 4.69) is 5.32 Å². The van der Waals surface area contributed by atoms with Gasteiger partial charge >= 0.3 is 0 Å². The SMILES string of the molecule is Oc1ccc2c(c1)NCCC2c1cccc(F)c1. The largest absolute Gasteiger partial charge is 0.508 e. The summed E-state index contributed by atoms with van der Waals surface area (Å²) < 4.78 is 13.3. The van der Waals surface area contributed by atoms with Crippen molar-refractivity contribution in [2.75, 3.05) is 11.9 Å². The highest BCUT2D eigenvalue weighted by molar-refractivity contribution is 5.60. The Hall–Kier alpha value is -2.03. The summed E-state index contributed by atoms with van der Waals surface area (Å²) in [7, 11) is 0. The maximum Gasteiger partial charge on any atom is 0.123 e. The highest BCUT2D eigenvalue weighted by atomic mass is 19.1. The lowest BCUT2D eigenvalue weighted by atomic mass is 9.85. The van der Waals surface area contributed by atoms with Gasteiger partial charge in [-0.05, 0) is 35.7 Å². The van der Waals surface area contributed by atoms with Crippen molar-refractivity contribution >= 4 is 5.69 Å². The van der Waals surface area contributed by atoms with Crippen molar-refractivity contribution in [3.63, 3.8) is 0 Å². The van der Waals surface area contributed by atoms with Crippen LogP contribution in [0.1, 0.15) is 23.5 Å². The number of phenols is 1. The molecule has 1 aliphatic heterocycles. The molecule has 0 radical (unpaired) electrons. The van der Waals surface area contributed by atoms with Gasteiger partial charge in [-0.1, -0.05) is 18.2 Å². The van der Waals surface area contributed by atoms with Gasteiger partial charge in [-0.15, -0.1) is 0 Å². The third-order valence-electron chi connectivity index (χ3n) is 3.41. The maximum absolute atomic E-state index is 13.3. The van der Waals surface area contributed by atoms with E-state index >= 15 is 0 Å². The summed E-state index contributed by atoms with van der Waals surface area (Å²) in [6, 6.07) is 12.1. The fourth-order valence-electron chi connectivity index (χ4n) is 2.58. The van der Waals surface area contributed by atoms with Gasteiger partial charge < -0.3 is 10.4 Å². The smallest absolute Gasteiger partial charge is 0.123 e. The second-order valence-electron chi connectivity index (χ2n) is 4.59. The number of rotatable bonds is 1. The van der Waals surface area contributed by atoms with Gasteiger partial charge in [0.15, 0.2) is 0 Å². The van der Waals surface area contributed by atoms with Gasteiger partial charge in [0.1, 0.15) is 11.6 Å². The zero-order valence-corrected chi connectivity index (χ0v) is 9.86. The van der Waals surface area contributed by atoms with E-state index in [1.807, 2.05) is 12.1 Å². The molecule has 0 fully saturated rings. The topological polar surface area (TPSA) is 32.3 Å². The third-order valence-corrected chi connectivity index (χ3v) is 3.41. The fraction of sp³-hybridized carbons (Fsp3) is 0.200. The molecule has 0 saturated heterocycles. The zero-order valence-electron chi connectivity index (χ0n) is 9.86. The Balaban J connectivity index is 2.06. The Kier molecular flexibility index (Phi) is 2.67. The lowest BCUT2D eigenvalue weighted by Gasteiger charge is -2.27. The van der Waals surface area contributed by atoms with Crippen molar-refractivity contribution in [2.24, 2.45) is 0 Å². The number of nitrogens with one attached hydrogen (secondary N) is 1. The Morgan fingerprint density at radius 2 is 2.06 bits per heavy atom. The normalized spacial score (nSPS) is 17.9. The van der Waals surface area contributed by atoms with Crippen LogP contribution >= 0.6 is 0 Å². The second-order valence-corrected chi connectivity index (χ2v) is 4.59. The van der Waals surface area contributed by atoms with Crippen LogP contribution in [0.3, 0.4) is 0 Å². The summed E-state index contributed by atoms with van der Waals surface area (Å²) in [5.41, 5.74) is 3.05. The van der Waals surface area contributed by atoms with Crippen molar-refractivity contribution in [1.82, 2.24) is 0 Å². The van der Waals surface area contributed by atoms with E-state index in [1.165, 1.54) is 6.07 Å². The molecule has 3 heteroatoms. The van der Waals surface area contributed by atoms with Gasteiger partial charge in [-0.3, -0.25) is 0 Å². The summed E-state index contributed by atoms with van der Waals surface area (Å²) in [5, 5.41) is 12.8. The van der Waals surface area contributed by atoms with E-state index in [4.69, 9.17) is 0 Å². The van der Waals surface area contributed by atoms with Gasteiger partial charge in [0.2, 0.25) is 0 Å². The first-order chi connectivity index (χ1) is 8.74. The monoisotopic (exact) mass is 243 g/mol. The first-order valence-corrected chi connectivity index (χ1v) is 6.06. The Morgan fingerprint density at radius 1 is 1.17 bits per heavy atom. The summed E-state index contributed by atoms with van der Waals surface area (Å²) in [6.07, 6.45) is 0.932. The number of hydrogen-bond donors (Lipinski definition) is 2. The molecule has 0 bridgehead atoms. The molecule has 1 atom stereocenters. The molecule has 0 spiro atoms. The molecule has 18 heavy (non-hydrogen) atoms. The number of anilines is 1.